The number of carboxylic acid groups (broad SMARTS) is 1. The Hall–Kier alpha value is -3.74. The number of anilines is 1. The van der Waals surface area contributed by atoms with Gasteiger partial charge >= 0.3 is 6.09 Å². The van der Waals surface area contributed by atoms with E-state index in [9.17, 15) is 14.7 Å². The fourth-order valence-electron chi connectivity index (χ4n) is 4.41. The zero-order chi connectivity index (χ0) is 22.2. The van der Waals surface area contributed by atoms with E-state index in [2.05, 4.69) is 35.9 Å². The number of fused-ring (bicyclic) bond motifs is 2. The fraction of sp³-hybridized carbons (Fsp3) is 0.250. The molecular formula is C24H24N4O3. The highest BCUT2D eigenvalue weighted by atomic mass is 16.4. The van der Waals surface area contributed by atoms with Gasteiger partial charge in [0.1, 0.15) is 5.82 Å². The lowest BCUT2D eigenvalue weighted by molar-refractivity contribution is -0.105. The molecule has 0 aliphatic heterocycles. The topological polar surface area (TPSA) is 95.4 Å². The average Bonchev–Trinajstić information content (AvgIpc) is 3.06. The molecule has 3 aromatic rings. The number of hydrogen-bond donors (Lipinski definition) is 2. The molecule has 158 valence electrons. The van der Waals surface area contributed by atoms with Gasteiger partial charge in [-0.1, -0.05) is 25.6 Å². The van der Waals surface area contributed by atoms with Crippen LogP contribution in [0.2, 0.25) is 0 Å². The van der Waals surface area contributed by atoms with Gasteiger partial charge in [-0.15, -0.1) is 0 Å². The van der Waals surface area contributed by atoms with Crippen LogP contribution in [0.25, 0.3) is 10.9 Å². The molecule has 2 N–H and O–H groups in total. The number of nitrogens with zero attached hydrogens (tertiary/aromatic N) is 3. The molecule has 31 heavy (non-hydrogen) atoms. The van der Waals surface area contributed by atoms with Crippen LogP contribution in [0.1, 0.15) is 36.2 Å². The lowest BCUT2D eigenvalue weighted by atomic mass is 9.80. The zero-order valence-corrected chi connectivity index (χ0v) is 17.6. The summed E-state index contributed by atoms with van der Waals surface area (Å²) >= 11 is 0. The van der Waals surface area contributed by atoms with Crippen molar-refractivity contribution in [3.63, 3.8) is 0 Å². The molecule has 2 amide bonds. The first kappa shape index (κ1) is 20.5. The third kappa shape index (κ3) is 3.86. The van der Waals surface area contributed by atoms with E-state index in [0.29, 0.717) is 23.6 Å². The SMILES string of the molecule is C=C(C)N(Cc1ccc2cc3c(cc2n1)CC(C)(c1cccnc1NC=O)C3)C(=O)O. The molecule has 2 heterocycles. The van der Waals surface area contributed by atoms with Crippen LogP contribution in [-0.2, 0) is 29.6 Å². The van der Waals surface area contributed by atoms with Gasteiger partial charge in [-0.2, -0.15) is 0 Å². The standard InChI is InChI=1S/C24H24N4O3/c1-15(2)28(23(30)31)13-19-7-6-16-9-17-11-24(3,12-18(17)10-21(16)27-19)20-5-4-8-25-22(20)26-14-29/h4-10,14H,1,11-13H2,2-3H3,(H,30,31)(H,25,26,29). The summed E-state index contributed by atoms with van der Waals surface area (Å²) in [6, 6.07) is 12.0. The lowest BCUT2D eigenvalue weighted by Crippen LogP contribution is -2.26. The molecule has 1 aromatic carbocycles. The molecule has 7 nitrogen and oxygen atoms in total. The number of amides is 2. The van der Waals surface area contributed by atoms with Crippen molar-refractivity contribution in [1.82, 2.24) is 14.9 Å². The van der Waals surface area contributed by atoms with Crippen LogP contribution in [0.15, 0.2) is 54.9 Å². The molecule has 0 bridgehead atoms. The third-order valence-corrected chi connectivity index (χ3v) is 5.89. The predicted molar refractivity (Wildman–Crippen MR) is 119 cm³/mol. The van der Waals surface area contributed by atoms with E-state index in [1.165, 1.54) is 16.0 Å². The van der Waals surface area contributed by atoms with Crippen LogP contribution in [0, 0.1) is 0 Å². The van der Waals surface area contributed by atoms with Gasteiger partial charge in [-0.25, -0.2) is 9.78 Å². The van der Waals surface area contributed by atoms with Gasteiger partial charge in [-0.05, 0) is 55.2 Å². The second kappa shape index (κ2) is 7.83. The molecule has 4 rings (SSSR count). The summed E-state index contributed by atoms with van der Waals surface area (Å²) in [5.74, 6) is 0.589. The van der Waals surface area contributed by atoms with Gasteiger partial charge in [0.25, 0.3) is 0 Å². The molecule has 0 spiro atoms. The Morgan fingerprint density at radius 2 is 2.03 bits per heavy atom. The molecule has 1 atom stereocenters. The normalized spacial score (nSPS) is 17.2. The summed E-state index contributed by atoms with van der Waals surface area (Å²) in [6.07, 6.45) is 2.92. The van der Waals surface area contributed by atoms with E-state index in [4.69, 9.17) is 4.98 Å². The van der Waals surface area contributed by atoms with Crippen LogP contribution < -0.4 is 5.32 Å². The zero-order valence-electron chi connectivity index (χ0n) is 17.6. The third-order valence-electron chi connectivity index (χ3n) is 5.89. The molecule has 0 saturated carbocycles. The van der Waals surface area contributed by atoms with Crippen molar-refractivity contribution in [2.75, 3.05) is 5.32 Å². The Labute approximate surface area is 180 Å². The second-order valence-corrected chi connectivity index (χ2v) is 8.30. The number of aromatic nitrogens is 2. The molecule has 0 fully saturated rings. The minimum Gasteiger partial charge on any atom is -0.465 e. The van der Waals surface area contributed by atoms with Gasteiger partial charge in [0.2, 0.25) is 6.41 Å². The quantitative estimate of drug-likeness (QED) is 0.585. The van der Waals surface area contributed by atoms with Gasteiger partial charge in [0.05, 0.1) is 17.8 Å². The number of nitrogens with one attached hydrogen (secondary N) is 1. The van der Waals surface area contributed by atoms with Gasteiger partial charge in [-0.3, -0.25) is 14.7 Å². The first-order chi connectivity index (χ1) is 14.8. The maximum absolute atomic E-state index is 11.4. The van der Waals surface area contributed by atoms with Crippen molar-refractivity contribution in [2.45, 2.75) is 38.6 Å². The van der Waals surface area contributed by atoms with Gasteiger partial charge < -0.3 is 10.4 Å². The number of carbonyl (C=O) groups excluding carboxylic acids is 1. The highest BCUT2D eigenvalue weighted by Crippen LogP contribution is 2.42. The first-order valence-electron chi connectivity index (χ1n) is 10.0. The van der Waals surface area contributed by atoms with Crippen LogP contribution in [-0.4, -0.2) is 32.5 Å². The molecule has 1 unspecified atom stereocenters. The number of rotatable bonds is 6. The van der Waals surface area contributed by atoms with Crippen molar-refractivity contribution in [3.05, 3.63) is 77.3 Å². The number of benzene rings is 1. The van der Waals surface area contributed by atoms with Crippen molar-refractivity contribution >= 4 is 29.2 Å². The smallest absolute Gasteiger partial charge is 0.411 e. The average molecular weight is 416 g/mol. The van der Waals surface area contributed by atoms with Gasteiger partial charge in [0, 0.05) is 28.3 Å². The Morgan fingerprint density at radius 1 is 1.29 bits per heavy atom. The fourth-order valence-corrected chi connectivity index (χ4v) is 4.41. The number of allylic oxidation sites excluding steroid dienone is 1. The minimum absolute atomic E-state index is 0.159. The Morgan fingerprint density at radius 3 is 2.71 bits per heavy atom. The van der Waals surface area contributed by atoms with Crippen molar-refractivity contribution < 1.29 is 14.7 Å². The highest BCUT2D eigenvalue weighted by molar-refractivity contribution is 5.81. The number of carbonyl (C=O) groups is 2. The van der Waals surface area contributed by atoms with Crippen LogP contribution in [0.3, 0.4) is 0 Å². The van der Waals surface area contributed by atoms with Crippen molar-refractivity contribution in [2.24, 2.45) is 0 Å². The summed E-state index contributed by atoms with van der Waals surface area (Å²) in [6.45, 7) is 7.73. The molecular weight excluding hydrogens is 392 g/mol. The minimum atomic E-state index is -1.05. The van der Waals surface area contributed by atoms with E-state index >= 15 is 0 Å². The van der Waals surface area contributed by atoms with E-state index < -0.39 is 6.09 Å². The number of hydrogen-bond acceptors (Lipinski definition) is 4. The Balaban J connectivity index is 1.67. The number of pyridine rings is 2. The van der Waals surface area contributed by atoms with E-state index in [-0.39, 0.29) is 12.0 Å². The van der Waals surface area contributed by atoms with Crippen molar-refractivity contribution in [1.29, 1.82) is 0 Å². The van der Waals surface area contributed by atoms with Crippen molar-refractivity contribution in [3.8, 4) is 0 Å². The van der Waals surface area contributed by atoms with Crippen LogP contribution >= 0.6 is 0 Å². The monoisotopic (exact) mass is 416 g/mol. The van der Waals surface area contributed by atoms with E-state index in [1.54, 1.807) is 13.1 Å². The summed E-state index contributed by atoms with van der Waals surface area (Å²) in [5.41, 5.74) is 5.23. The largest absolute Gasteiger partial charge is 0.465 e. The van der Waals surface area contributed by atoms with Crippen LogP contribution in [0.4, 0.5) is 10.6 Å². The summed E-state index contributed by atoms with van der Waals surface area (Å²) in [4.78, 5) is 32.7. The Kier molecular flexibility index (Phi) is 5.19. The van der Waals surface area contributed by atoms with Crippen LogP contribution in [0.5, 0.6) is 0 Å². The van der Waals surface area contributed by atoms with E-state index in [1.807, 2.05) is 24.3 Å². The maximum Gasteiger partial charge on any atom is 0.411 e. The highest BCUT2D eigenvalue weighted by Gasteiger charge is 2.36. The molecule has 1 aliphatic rings. The molecule has 0 radical (unpaired) electrons. The second-order valence-electron chi connectivity index (χ2n) is 8.30. The Bertz CT molecular complexity index is 1190. The predicted octanol–water partition coefficient (Wildman–Crippen LogP) is 4.27. The first-order valence-corrected chi connectivity index (χ1v) is 10.0. The van der Waals surface area contributed by atoms with Gasteiger partial charge in [0.15, 0.2) is 0 Å². The molecule has 2 aromatic heterocycles. The van der Waals surface area contributed by atoms with E-state index in [0.717, 1.165) is 29.3 Å². The summed E-state index contributed by atoms with van der Waals surface area (Å²) in [5, 5.41) is 13.1. The molecule has 1 aliphatic carbocycles. The summed E-state index contributed by atoms with van der Waals surface area (Å²) in [7, 11) is 0. The molecule has 7 heteroatoms. The molecule has 0 saturated heterocycles. The lowest BCUT2D eigenvalue weighted by Gasteiger charge is -2.25. The summed E-state index contributed by atoms with van der Waals surface area (Å²) < 4.78 is 0. The maximum atomic E-state index is 11.4.